The average molecular weight is 256 g/mol. The van der Waals surface area contributed by atoms with E-state index < -0.39 is 11.6 Å². The van der Waals surface area contributed by atoms with Crippen LogP contribution in [0.5, 0.6) is 0 Å². The van der Waals surface area contributed by atoms with Crippen molar-refractivity contribution in [3.05, 3.63) is 0 Å². The number of nitrogens with one attached hydrogen (secondary N) is 1. The normalized spacial score (nSPS) is 29.9. The lowest BCUT2D eigenvalue weighted by atomic mass is 9.76. The van der Waals surface area contributed by atoms with Gasteiger partial charge in [-0.3, -0.25) is 4.79 Å². The summed E-state index contributed by atoms with van der Waals surface area (Å²) in [6, 6.07) is -0.439. The van der Waals surface area contributed by atoms with Gasteiger partial charge in [0.2, 0.25) is 5.91 Å². The van der Waals surface area contributed by atoms with Gasteiger partial charge in [-0.05, 0) is 25.2 Å². The second-order valence-corrected chi connectivity index (χ2v) is 5.88. The molecule has 1 aliphatic carbocycles. The number of hydrogen-bond donors (Lipinski definition) is 3. The van der Waals surface area contributed by atoms with E-state index in [-0.39, 0.29) is 12.5 Å². The van der Waals surface area contributed by atoms with Crippen LogP contribution >= 0.6 is 0 Å². The number of rotatable bonds is 6. The summed E-state index contributed by atoms with van der Waals surface area (Å²) in [5.41, 5.74) is 5.44. The summed E-state index contributed by atoms with van der Waals surface area (Å²) in [5, 5.41) is 12.6. The summed E-state index contributed by atoms with van der Waals surface area (Å²) in [5.74, 6) is 0.449. The van der Waals surface area contributed by atoms with E-state index in [4.69, 9.17) is 5.73 Å². The predicted molar refractivity (Wildman–Crippen MR) is 73.1 cm³/mol. The minimum absolute atomic E-state index is 0.0174. The maximum Gasteiger partial charge on any atom is 0.237 e. The van der Waals surface area contributed by atoms with Crippen molar-refractivity contribution in [1.82, 2.24) is 5.32 Å². The number of aliphatic hydroxyl groups is 1. The standard InChI is InChI=1S/C14H28N2O2/c1-3-4-7-12(15)13(18)16-14(10-17)8-5-6-11(2)9-14/h11-12,17H,3-10,15H2,1-2H3,(H,16,18)/t11?,12-,14?/m0/s1. The smallest absolute Gasteiger partial charge is 0.237 e. The molecule has 0 aromatic heterocycles. The largest absolute Gasteiger partial charge is 0.394 e. The first-order chi connectivity index (χ1) is 8.53. The molecule has 2 unspecified atom stereocenters. The number of amides is 1. The second-order valence-electron chi connectivity index (χ2n) is 5.88. The van der Waals surface area contributed by atoms with Crippen molar-refractivity contribution in [2.75, 3.05) is 6.61 Å². The number of hydrogen-bond acceptors (Lipinski definition) is 3. The lowest BCUT2D eigenvalue weighted by molar-refractivity contribution is -0.125. The third-order valence-electron chi connectivity index (χ3n) is 3.99. The molecule has 0 radical (unpaired) electrons. The summed E-state index contributed by atoms with van der Waals surface area (Å²) in [7, 11) is 0. The Bertz CT molecular complexity index is 271. The number of aliphatic hydroxyl groups excluding tert-OH is 1. The Morgan fingerprint density at radius 2 is 2.33 bits per heavy atom. The fraction of sp³-hybridized carbons (Fsp3) is 0.929. The van der Waals surface area contributed by atoms with Gasteiger partial charge in [-0.15, -0.1) is 0 Å². The van der Waals surface area contributed by atoms with E-state index in [1.54, 1.807) is 0 Å². The van der Waals surface area contributed by atoms with Gasteiger partial charge in [-0.25, -0.2) is 0 Å². The third kappa shape index (κ3) is 4.25. The highest BCUT2D eigenvalue weighted by molar-refractivity contribution is 5.82. The summed E-state index contributed by atoms with van der Waals surface area (Å²) in [4.78, 5) is 12.0. The Kier molecular flexibility index (Phi) is 6.09. The number of nitrogens with two attached hydrogens (primary N) is 1. The van der Waals surface area contributed by atoms with Crippen molar-refractivity contribution in [2.24, 2.45) is 11.7 Å². The molecule has 0 aromatic rings. The maximum atomic E-state index is 12.0. The van der Waals surface area contributed by atoms with Crippen LogP contribution in [0.25, 0.3) is 0 Å². The summed E-state index contributed by atoms with van der Waals surface area (Å²) in [6.07, 6.45) is 6.70. The van der Waals surface area contributed by atoms with Gasteiger partial charge < -0.3 is 16.2 Å². The summed E-state index contributed by atoms with van der Waals surface area (Å²) >= 11 is 0. The van der Waals surface area contributed by atoms with Crippen molar-refractivity contribution in [3.63, 3.8) is 0 Å². The summed E-state index contributed by atoms with van der Waals surface area (Å²) in [6.45, 7) is 4.28. The molecule has 0 bridgehead atoms. The van der Waals surface area contributed by atoms with Crippen LogP contribution in [0.4, 0.5) is 0 Å². The van der Waals surface area contributed by atoms with Crippen LogP contribution in [0, 0.1) is 5.92 Å². The van der Waals surface area contributed by atoms with E-state index in [1.165, 1.54) is 6.42 Å². The Morgan fingerprint density at radius 3 is 2.89 bits per heavy atom. The Morgan fingerprint density at radius 1 is 1.61 bits per heavy atom. The first-order valence-corrected chi connectivity index (χ1v) is 7.21. The predicted octanol–water partition coefficient (Wildman–Crippen LogP) is 1.56. The molecule has 3 atom stereocenters. The minimum atomic E-state index is -0.439. The minimum Gasteiger partial charge on any atom is -0.394 e. The van der Waals surface area contributed by atoms with E-state index in [9.17, 15) is 9.90 Å². The fourth-order valence-electron chi connectivity index (χ4n) is 2.87. The van der Waals surface area contributed by atoms with Crippen molar-refractivity contribution in [1.29, 1.82) is 0 Å². The number of carbonyl (C=O) groups is 1. The van der Waals surface area contributed by atoms with Gasteiger partial charge in [0.15, 0.2) is 0 Å². The lowest BCUT2D eigenvalue weighted by Crippen LogP contribution is -2.57. The highest BCUT2D eigenvalue weighted by Gasteiger charge is 2.36. The SMILES string of the molecule is CCCC[C@H](N)C(=O)NC1(CO)CCCC(C)C1. The van der Waals surface area contributed by atoms with Gasteiger partial charge in [0, 0.05) is 0 Å². The highest BCUT2D eigenvalue weighted by Crippen LogP contribution is 2.32. The van der Waals surface area contributed by atoms with Gasteiger partial charge >= 0.3 is 0 Å². The van der Waals surface area contributed by atoms with Gasteiger partial charge in [0.25, 0.3) is 0 Å². The van der Waals surface area contributed by atoms with E-state index in [2.05, 4.69) is 19.2 Å². The molecule has 4 heteroatoms. The lowest BCUT2D eigenvalue weighted by Gasteiger charge is -2.40. The quantitative estimate of drug-likeness (QED) is 0.675. The van der Waals surface area contributed by atoms with Gasteiger partial charge in [0.05, 0.1) is 18.2 Å². The molecular weight excluding hydrogens is 228 g/mol. The Labute approximate surface area is 110 Å². The van der Waals surface area contributed by atoms with Crippen LogP contribution in [0.15, 0.2) is 0 Å². The van der Waals surface area contributed by atoms with Crippen LogP contribution in [0.1, 0.15) is 58.8 Å². The molecule has 0 aromatic carbocycles. The number of unbranched alkanes of at least 4 members (excludes halogenated alkanes) is 1. The molecule has 1 amide bonds. The topological polar surface area (TPSA) is 75.4 Å². The first kappa shape index (κ1) is 15.4. The van der Waals surface area contributed by atoms with Crippen molar-refractivity contribution in [2.45, 2.75) is 70.4 Å². The Hall–Kier alpha value is -0.610. The van der Waals surface area contributed by atoms with Gasteiger partial charge in [0.1, 0.15) is 0 Å². The monoisotopic (exact) mass is 256 g/mol. The van der Waals surface area contributed by atoms with E-state index in [0.29, 0.717) is 5.92 Å². The van der Waals surface area contributed by atoms with Gasteiger partial charge in [-0.1, -0.05) is 39.5 Å². The van der Waals surface area contributed by atoms with Crippen molar-refractivity contribution < 1.29 is 9.90 Å². The fourth-order valence-corrected chi connectivity index (χ4v) is 2.87. The molecule has 1 aliphatic rings. The summed E-state index contributed by atoms with van der Waals surface area (Å²) < 4.78 is 0. The molecule has 1 saturated carbocycles. The zero-order valence-corrected chi connectivity index (χ0v) is 11.7. The van der Waals surface area contributed by atoms with Crippen LogP contribution in [-0.2, 0) is 4.79 Å². The van der Waals surface area contributed by atoms with E-state index in [0.717, 1.165) is 38.5 Å². The molecule has 18 heavy (non-hydrogen) atoms. The maximum absolute atomic E-state index is 12.0. The van der Waals surface area contributed by atoms with E-state index in [1.807, 2.05) is 0 Å². The van der Waals surface area contributed by atoms with Crippen LogP contribution in [0.2, 0.25) is 0 Å². The van der Waals surface area contributed by atoms with Crippen LogP contribution in [-0.4, -0.2) is 29.2 Å². The molecule has 1 fully saturated rings. The molecule has 0 saturated heterocycles. The molecule has 4 N–H and O–H groups in total. The first-order valence-electron chi connectivity index (χ1n) is 7.21. The zero-order valence-electron chi connectivity index (χ0n) is 11.7. The second kappa shape index (κ2) is 7.10. The molecule has 0 spiro atoms. The van der Waals surface area contributed by atoms with Crippen LogP contribution < -0.4 is 11.1 Å². The average Bonchev–Trinajstić information content (AvgIpc) is 2.35. The molecular formula is C14H28N2O2. The Balaban J connectivity index is 2.53. The molecule has 0 heterocycles. The zero-order chi connectivity index (χ0) is 13.6. The molecule has 0 aliphatic heterocycles. The van der Waals surface area contributed by atoms with Crippen molar-refractivity contribution in [3.8, 4) is 0 Å². The molecule has 4 nitrogen and oxygen atoms in total. The third-order valence-corrected chi connectivity index (χ3v) is 3.99. The van der Waals surface area contributed by atoms with Crippen molar-refractivity contribution >= 4 is 5.91 Å². The molecule has 1 rings (SSSR count). The van der Waals surface area contributed by atoms with Crippen LogP contribution in [0.3, 0.4) is 0 Å². The molecule has 106 valence electrons. The highest BCUT2D eigenvalue weighted by atomic mass is 16.3. The number of carbonyl (C=O) groups excluding carboxylic acids is 1. The van der Waals surface area contributed by atoms with E-state index >= 15 is 0 Å². The van der Waals surface area contributed by atoms with Gasteiger partial charge in [-0.2, -0.15) is 0 Å².